The van der Waals surface area contributed by atoms with E-state index in [0.717, 1.165) is 0 Å². The summed E-state index contributed by atoms with van der Waals surface area (Å²) in [6.07, 6.45) is 7.55. The summed E-state index contributed by atoms with van der Waals surface area (Å²) in [6, 6.07) is 3.62. The molecule has 0 aliphatic heterocycles. The largest absolute Gasteiger partial charge is 0.334 e. The second kappa shape index (κ2) is 5.80. The van der Waals surface area contributed by atoms with E-state index in [1.807, 2.05) is 13.8 Å². The molecule has 3 aromatic rings. The molecule has 0 saturated carbocycles. The third kappa shape index (κ3) is 3.06. The third-order valence-electron chi connectivity index (χ3n) is 3.15. The van der Waals surface area contributed by atoms with E-state index in [2.05, 4.69) is 24.9 Å². The van der Waals surface area contributed by atoms with Crippen molar-refractivity contribution in [2.75, 3.05) is 4.72 Å². The number of nitrogens with one attached hydrogen (secondary N) is 1. The lowest BCUT2D eigenvalue weighted by atomic mass is 10.4. The number of pyridine rings is 1. The number of aromatic nitrogens is 6. The van der Waals surface area contributed by atoms with Crippen molar-refractivity contribution >= 4 is 16.0 Å². The van der Waals surface area contributed by atoms with Crippen molar-refractivity contribution in [3.63, 3.8) is 0 Å². The molecule has 10 heteroatoms. The van der Waals surface area contributed by atoms with Gasteiger partial charge in [0.1, 0.15) is 6.33 Å². The molecule has 1 N–H and O–H groups in total. The van der Waals surface area contributed by atoms with Gasteiger partial charge >= 0.3 is 0 Å². The van der Waals surface area contributed by atoms with Crippen molar-refractivity contribution in [2.24, 2.45) is 0 Å². The first-order chi connectivity index (χ1) is 11.0. The fourth-order valence-electron chi connectivity index (χ4n) is 1.90. The Morgan fingerprint density at radius 1 is 1.26 bits per heavy atom. The molecule has 0 aliphatic carbocycles. The first-order valence-corrected chi connectivity index (χ1v) is 8.32. The minimum atomic E-state index is -3.85. The van der Waals surface area contributed by atoms with Gasteiger partial charge in [-0.1, -0.05) is 0 Å². The van der Waals surface area contributed by atoms with Gasteiger partial charge < -0.3 is 4.57 Å². The number of nitrogens with zero attached hydrogens (tertiary/aromatic N) is 6. The van der Waals surface area contributed by atoms with Gasteiger partial charge in [0.25, 0.3) is 10.0 Å². The molecular formula is C13H15N7O2S. The van der Waals surface area contributed by atoms with Crippen molar-refractivity contribution in [3.05, 3.63) is 43.4 Å². The predicted octanol–water partition coefficient (Wildman–Crippen LogP) is 1.24. The number of hydrogen-bond donors (Lipinski definition) is 1. The number of imidazole rings is 1. The maximum atomic E-state index is 12.4. The van der Waals surface area contributed by atoms with Crippen LogP contribution < -0.4 is 4.72 Å². The van der Waals surface area contributed by atoms with Gasteiger partial charge in [0.15, 0.2) is 5.03 Å². The van der Waals surface area contributed by atoms with Gasteiger partial charge in [0.2, 0.25) is 5.95 Å². The molecule has 3 heterocycles. The smallest absolute Gasteiger partial charge is 0.283 e. The Hall–Kier alpha value is -2.75. The molecule has 3 rings (SSSR count). The summed E-state index contributed by atoms with van der Waals surface area (Å²) in [4.78, 5) is 7.92. The van der Waals surface area contributed by atoms with Crippen LogP contribution in [0.4, 0.5) is 5.95 Å². The molecule has 0 radical (unpaired) electrons. The van der Waals surface area contributed by atoms with Crippen molar-refractivity contribution < 1.29 is 8.42 Å². The Kier molecular flexibility index (Phi) is 3.82. The van der Waals surface area contributed by atoms with Crippen LogP contribution in [-0.2, 0) is 10.0 Å². The van der Waals surface area contributed by atoms with Gasteiger partial charge in [-0.05, 0) is 26.0 Å². The highest BCUT2D eigenvalue weighted by Gasteiger charge is 2.21. The predicted molar refractivity (Wildman–Crippen MR) is 82.6 cm³/mol. The van der Waals surface area contributed by atoms with Crippen LogP contribution in [0.15, 0.2) is 48.4 Å². The first-order valence-electron chi connectivity index (χ1n) is 6.84. The average Bonchev–Trinajstić information content (AvgIpc) is 3.17. The molecule has 0 amide bonds. The van der Waals surface area contributed by atoms with E-state index < -0.39 is 10.0 Å². The van der Waals surface area contributed by atoms with Crippen LogP contribution in [-0.4, -0.2) is 37.7 Å². The lowest BCUT2D eigenvalue weighted by Crippen LogP contribution is -2.16. The summed E-state index contributed by atoms with van der Waals surface area (Å²) in [5.41, 5.74) is 0.642. The summed E-state index contributed by atoms with van der Waals surface area (Å²) in [5.74, 6) is 0.0668. The van der Waals surface area contributed by atoms with Gasteiger partial charge in [-0.25, -0.2) is 9.71 Å². The van der Waals surface area contributed by atoms with Gasteiger partial charge in [0, 0.05) is 18.4 Å². The highest BCUT2D eigenvalue weighted by Crippen LogP contribution is 2.17. The molecule has 0 bridgehead atoms. The third-order valence-corrected chi connectivity index (χ3v) is 4.36. The molecular weight excluding hydrogens is 318 g/mol. The Labute approximate surface area is 133 Å². The second-order valence-electron chi connectivity index (χ2n) is 5.09. The first kappa shape index (κ1) is 15.2. The van der Waals surface area contributed by atoms with Gasteiger partial charge in [-0.3, -0.25) is 9.55 Å². The zero-order valence-corrected chi connectivity index (χ0v) is 13.3. The normalized spacial score (nSPS) is 11.8. The van der Waals surface area contributed by atoms with Crippen molar-refractivity contribution in [1.29, 1.82) is 0 Å². The average molecular weight is 333 g/mol. The van der Waals surface area contributed by atoms with Crippen LogP contribution in [0.2, 0.25) is 0 Å². The number of rotatable bonds is 5. The van der Waals surface area contributed by atoms with Gasteiger partial charge in [-0.15, -0.1) is 10.2 Å². The van der Waals surface area contributed by atoms with Crippen LogP contribution in [0.1, 0.15) is 19.9 Å². The van der Waals surface area contributed by atoms with Crippen molar-refractivity contribution in [2.45, 2.75) is 24.9 Å². The van der Waals surface area contributed by atoms with E-state index in [1.165, 1.54) is 23.4 Å². The summed E-state index contributed by atoms with van der Waals surface area (Å²) in [7, 11) is -3.85. The standard InChI is InChI=1S/C13H15N7O2S/c1-10(2)19-7-12(15-8-19)23(21,22)18-13-17-16-9-20(13)11-4-3-5-14-6-11/h3-10H,1-2H3,(H,17,18). The maximum Gasteiger partial charge on any atom is 0.283 e. The Morgan fingerprint density at radius 3 is 2.74 bits per heavy atom. The van der Waals surface area contributed by atoms with E-state index in [4.69, 9.17) is 0 Å². The molecule has 3 aromatic heterocycles. The fraction of sp³-hybridized carbons (Fsp3) is 0.231. The molecule has 0 aromatic carbocycles. The number of anilines is 1. The Bertz CT molecular complexity index is 899. The van der Waals surface area contributed by atoms with Crippen molar-refractivity contribution in [3.8, 4) is 5.69 Å². The van der Waals surface area contributed by atoms with E-state index in [0.29, 0.717) is 5.69 Å². The van der Waals surface area contributed by atoms with Gasteiger partial charge in [0.05, 0.1) is 18.2 Å². The monoisotopic (exact) mass is 333 g/mol. The second-order valence-corrected chi connectivity index (χ2v) is 6.72. The quantitative estimate of drug-likeness (QED) is 0.752. The molecule has 0 saturated heterocycles. The zero-order chi connectivity index (χ0) is 16.4. The van der Waals surface area contributed by atoms with Crippen molar-refractivity contribution in [1.82, 2.24) is 29.3 Å². The highest BCUT2D eigenvalue weighted by molar-refractivity contribution is 7.92. The molecule has 120 valence electrons. The summed E-state index contributed by atoms with van der Waals surface area (Å²) >= 11 is 0. The number of sulfonamides is 1. The van der Waals surface area contributed by atoms with E-state index >= 15 is 0 Å². The SMILES string of the molecule is CC(C)n1cnc(S(=O)(=O)Nc2nncn2-c2cccnc2)c1. The van der Waals surface area contributed by atoms with Crippen LogP contribution in [0, 0.1) is 0 Å². The van der Waals surface area contributed by atoms with E-state index in [-0.39, 0.29) is 17.0 Å². The minimum absolute atomic E-state index is 0.0668. The topological polar surface area (TPSA) is 108 Å². The molecule has 23 heavy (non-hydrogen) atoms. The van der Waals surface area contributed by atoms with E-state index in [9.17, 15) is 8.42 Å². The van der Waals surface area contributed by atoms with Crippen LogP contribution in [0.3, 0.4) is 0 Å². The lowest BCUT2D eigenvalue weighted by Gasteiger charge is -2.08. The minimum Gasteiger partial charge on any atom is -0.334 e. The van der Waals surface area contributed by atoms with E-state index in [1.54, 1.807) is 29.1 Å². The Morgan fingerprint density at radius 2 is 2.09 bits per heavy atom. The Balaban J connectivity index is 1.91. The molecule has 0 atom stereocenters. The molecule has 0 unspecified atom stereocenters. The fourth-order valence-corrected chi connectivity index (χ4v) is 2.83. The summed E-state index contributed by atoms with van der Waals surface area (Å²) < 4.78 is 30.5. The maximum absolute atomic E-state index is 12.4. The molecule has 0 spiro atoms. The van der Waals surface area contributed by atoms with Crippen LogP contribution in [0.5, 0.6) is 0 Å². The zero-order valence-electron chi connectivity index (χ0n) is 12.5. The number of hydrogen-bond acceptors (Lipinski definition) is 6. The summed E-state index contributed by atoms with van der Waals surface area (Å²) in [5, 5.41) is 7.47. The molecule has 0 fully saturated rings. The molecule has 9 nitrogen and oxygen atoms in total. The lowest BCUT2D eigenvalue weighted by molar-refractivity contribution is 0.591. The van der Waals surface area contributed by atoms with Gasteiger partial charge in [-0.2, -0.15) is 8.42 Å². The molecule has 0 aliphatic rings. The summed E-state index contributed by atoms with van der Waals surface area (Å²) in [6.45, 7) is 3.87. The highest BCUT2D eigenvalue weighted by atomic mass is 32.2. The van der Waals surface area contributed by atoms with Crippen LogP contribution in [0.25, 0.3) is 5.69 Å². The van der Waals surface area contributed by atoms with Crippen LogP contribution >= 0.6 is 0 Å².